The molecule has 0 aliphatic carbocycles. The van der Waals surface area contributed by atoms with Crippen LogP contribution in [0, 0.1) is 0 Å². The van der Waals surface area contributed by atoms with Crippen molar-refractivity contribution in [1.82, 2.24) is 24.2 Å². The summed E-state index contributed by atoms with van der Waals surface area (Å²) in [7, 11) is 0. The average Bonchev–Trinajstić information content (AvgIpc) is 3.36. The number of nitrogens with zero attached hydrogens (tertiary/aromatic N) is 5. The highest BCUT2D eigenvalue weighted by Gasteiger charge is 2.27. The van der Waals surface area contributed by atoms with E-state index in [0.29, 0.717) is 38.4 Å². The first-order chi connectivity index (χ1) is 17.1. The van der Waals surface area contributed by atoms with Gasteiger partial charge < -0.3 is 14.2 Å². The predicted octanol–water partition coefficient (Wildman–Crippen LogP) is 2.32. The van der Waals surface area contributed by atoms with E-state index in [1.807, 2.05) is 12.1 Å². The first kappa shape index (κ1) is 22.4. The fourth-order valence-electron chi connectivity index (χ4n) is 4.01. The quantitative estimate of drug-likeness (QED) is 0.445. The number of carbonyl (C=O) groups excluding carboxylic acids is 2. The van der Waals surface area contributed by atoms with Gasteiger partial charge in [-0.3, -0.25) is 19.4 Å². The number of hydrogen-bond acceptors (Lipinski definition) is 6. The molecule has 35 heavy (non-hydrogen) atoms. The van der Waals surface area contributed by atoms with Crippen molar-refractivity contribution in [2.24, 2.45) is 0 Å². The molecule has 0 saturated carbocycles. The lowest BCUT2D eigenvalue weighted by Gasteiger charge is -2.26. The highest BCUT2D eigenvalue weighted by Crippen LogP contribution is 2.22. The van der Waals surface area contributed by atoms with Gasteiger partial charge in [-0.15, -0.1) is 0 Å². The number of hydrogen-bond donors (Lipinski definition) is 0. The summed E-state index contributed by atoms with van der Waals surface area (Å²) in [4.78, 5) is 45.7. The second kappa shape index (κ2) is 9.86. The molecule has 1 aliphatic rings. The van der Waals surface area contributed by atoms with Gasteiger partial charge in [0.05, 0.1) is 30.9 Å². The zero-order valence-corrected chi connectivity index (χ0v) is 18.9. The van der Waals surface area contributed by atoms with Crippen LogP contribution in [0.5, 0.6) is 0 Å². The van der Waals surface area contributed by atoms with Gasteiger partial charge in [-0.1, -0.05) is 24.3 Å². The Balaban J connectivity index is 1.58. The van der Waals surface area contributed by atoms with Crippen molar-refractivity contribution >= 4 is 11.8 Å². The lowest BCUT2D eigenvalue weighted by Crippen LogP contribution is -2.40. The topological polar surface area (TPSA) is 99.3 Å². The van der Waals surface area contributed by atoms with Crippen LogP contribution in [0.1, 0.15) is 26.3 Å². The Kier molecular flexibility index (Phi) is 6.32. The van der Waals surface area contributed by atoms with E-state index in [1.165, 1.54) is 10.8 Å². The predicted molar refractivity (Wildman–Crippen MR) is 128 cm³/mol. The normalized spacial score (nSPS) is 13.5. The van der Waals surface area contributed by atoms with Crippen molar-refractivity contribution in [3.05, 3.63) is 106 Å². The Bertz CT molecular complexity index is 1410. The van der Waals surface area contributed by atoms with E-state index in [4.69, 9.17) is 4.74 Å². The third-order valence-corrected chi connectivity index (χ3v) is 5.82. The van der Waals surface area contributed by atoms with Crippen molar-refractivity contribution in [2.45, 2.75) is 6.54 Å². The second-order valence-electron chi connectivity index (χ2n) is 8.13. The molecule has 0 bridgehead atoms. The lowest BCUT2D eigenvalue weighted by atomic mass is 10.1. The molecule has 9 heteroatoms. The molecule has 0 unspecified atom stereocenters. The van der Waals surface area contributed by atoms with E-state index in [9.17, 15) is 14.4 Å². The van der Waals surface area contributed by atoms with Gasteiger partial charge >= 0.3 is 0 Å². The molecule has 3 aromatic heterocycles. The van der Waals surface area contributed by atoms with Crippen molar-refractivity contribution < 1.29 is 14.3 Å². The first-order valence-corrected chi connectivity index (χ1v) is 11.3. The van der Waals surface area contributed by atoms with Crippen LogP contribution in [-0.2, 0) is 11.3 Å². The van der Waals surface area contributed by atoms with E-state index < -0.39 is 0 Å². The molecule has 0 atom stereocenters. The summed E-state index contributed by atoms with van der Waals surface area (Å²) in [5.74, 6) is -0.683. The highest BCUT2D eigenvalue weighted by atomic mass is 16.5. The van der Waals surface area contributed by atoms with Gasteiger partial charge in [-0.05, 0) is 35.9 Å². The van der Waals surface area contributed by atoms with Crippen LogP contribution in [0.4, 0.5) is 0 Å². The monoisotopic (exact) mass is 469 g/mol. The third kappa shape index (κ3) is 4.67. The molecule has 9 nitrogen and oxygen atoms in total. The minimum Gasteiger partial charge on any atom is -0.378 e. The molecular weight excluding hydrogens is 446 g/mol. The van der Waals surface area contributed by atoms with Crippen molar-refractivity contribution in [2.75, 3.05) is 26.3 Å². The number of aromatic nitrogens is 4. The van der Waals surface area contributed by atoms with Crippen molar-refractivity contribution in [3.63, 3.8) is 0 Å². The molecule has 1 aromatic carbocycles. The maximum Gasteiger partial charge on any atom is 0.278 e. The summed E-state index contributed by atoms with van der Waals surface area (Å²) in [5, 5.41) is 4.44. The summed E-state index contributed by atoms with van der Waals surface area (Å²) < 4.78 is 8.04. The first-order valence-electron chi connectivity index (χ1n) is 11.3. The molecule has 176 valence electrons. The second-order valence-corrected chi connectivity index (χ2v) is 8.13. The van der Waals surface area contributed by atoms with Gasteiger partial charge in [0.25, 0.3) is 17.4 Å². The van der Waals surface area contributed by atoms with E-state index in [0.717, 1.165) is 10.2 Å². The van der Waals surface area contributed by atoms with Gasteiger partial charge in [0, 0.05) is 43.4 Å². The van der Waals surface area contributed by atoms with Crippen LogP contribution >= 0.6 is 0 Å². The Morgan fingerprint density at radius 1 is 0.943 bits per heavy atom. The van der Waals surface area contributed by atoms with Gasteiger partial charge in [0.15, 0.2) is 0 Å². The molecule has 1 saturated heterocycles. The van der Waals surface area contributed by atoms with Crippen molar-refractivity contribution in [1.29, 1.82) is 0 Å². The number of benzene rings is 1. The maximum absolute atomic E-state index is 13.4. The zero-order chi connectivity index (χ0) is 24.2. The van der Waals surface area contributed by atoms with E-state index in [2.05, 4.69) is 10.1 Å². The van der Waals surface area contributed by atoms with Gasteiger partial charge in [0.1, 0.15) is 5.69 Å². The Morgan fingerprint density at radius 3 is 2.49 bits per heavy atom. The Hall–Kier alpha value is -4.37. The van der Waals surface area contributed by atoms with Gasteiger partial charge in [0.2, 0.25) is 0 Å². The zero-order valence-electron chi connectivity index (χ0n) is 18.9. The fourth-order valence-corrected chi connectivity index (χ4v) is 4.01. The van der Waals surface area contributed by atoms with Crippen molar-refractivity contribution in [3.8, 4) is 11.3 Å². The molecule has 0 spiro atoms. The third-order valence-electron chi connectivity index (χ3n) is 5.82. The largest absolute Gasteiger partial charge is 0.378 e. The molecule has 1 aliphatic heterocycles. The van der Waals surface area contributed by atoms with E-state index in [1.54, 1.807) is 66.0 Å². The molecule has 0 radical (unpaired) electrons. The molecule has 1 amide bonds. The summed E-state index contributed by atoms with van der Waals surface area (Å²) in [6.07, 6.45) is 6.46. The van der Waals surface area contributed by atoms with E-state index in [-0.39, 0.29) is 34.2 Å². The molecule has 4 heterocycles. The van der Waals surface area contributed by atoms with Crippen LogP contribution in [0.3, 0.4) is 0 Å². The molecule has 0 N–H and O–H groups in total. The summed E-state index contributed by atoms with van der Waals surface area (Å²) in [6.45, 7) is 2.03. The Labute approximate surface area is 201 Å². The number of carbonyl (C=O) groups is 2. The number of morpholine rings is 1. The van der Waals surface area contributed by atoms with Gasteiger partial charge in [-0.2, -0.15) is 5.10 Å². The maximum atomic E-state index is 13.4. The number of amides is 1. The minimum absolute atomic E-state index is 0.177. The molecule has 4 aromatic rings. The Morgan fingerprint density at radius 2 is 1.74 bits per heavy atom. The summed E-state index contributed by atoms with van der Waals surface area (Å²) in [6, 6.07) is 15.7. The number of pyridine rings is 2. The van der Waals surface area contributed by atoms with Crippen LogP contribution in [-0.4, -0.2) is 62.3 Å². The number of rotatable bonds is 5. The highest BCUT2D eigenvalue weighted by molar-refractivity contribution is 6.02. The smallest absolute Gasteiger partial charge is 0.278 e. The van der Waals surface area contributed by atoms with Crippen LogP contribution < -0.4 is 5.56 Å². The van der Waals surface area contributed by atoms with Crippen LogP contribution in [0.25, 0.3) is 11.3 Å². The number of ether oxygens (including phenoxy) is 1. The average molecular weight is 470 g/mol. The summed E-state index contributed by atoms with van der Waals surface area (Å²) >= 11 is 0. The standard InChI is InChI=1S/C26H23N5O4/c32-24(20-7-2-1-3-8-20)31-18-22(26(34)29-12-14-35-15-13-29)23(28-31)21-9-5-11-30(25(21)33)17-19-6-4-10-27-16-19/h1-11,16,18H,12-15,17H2. The SMILES string of the molecule is O=C(c1cn(C(=O)c2ccccc2)nc1-c1cccn(Cc2cccnc2)c1=O)N1CCOCC1. The van der Waals surface area contributed by atoms with E-state index >= 15 is 0 Å². The molecular formula is C26H23N5O4. The van der Waals surface area contributed by atoms with Crippen LogP contribution in [0.15, 0.2) is 84.2 Å². The lowest BCUT2D eigenvalue weighted by molar-refractivity contribution is 0.0303. The van der Waals surface area contributed by atoms with Gasteiger partial charge in [-0.25, -0.2) is 4.68 Å². The summed E-state index contributed by atoms with van der Waals surface area (Å²) in [5.41, 5.74) is 1.59. The van der Waals surface area contributed by atoms with Crippen LogP contribution in [0.2, 0.25) is 0 Å². The fraction of sp³-hybridized carbons (Fsp3) is 0.192. The molecule has 5 rings (SSSR count). The molecule has 1 fully saturated rings. The minimum atomic E-state index is -0.389.